The summed E-state index contributed by atoms with van der Waals surface area (Å²) in [6.07, 6.45) is 0.924. The number of hydrogen-bond acceptors (Lipinski definition) is 3. The van der Waals surface area contributed by atoms with Crippen molar-refractivity contribution in [1.29, 1.82) is 0 Å². The van der Waals surface area contributed by atoms with E-state index < -0.39 is 0 Å². The van der Waals surface area contributed by atoms with Crippen molar-refractivity contribution in [2.75, 3.05) is 6.61 Å². The number of ketones is 1. The molecule has 0 aliphatic heterocycles. The molecule has 0 aromatic heterocycles. The van der Waals surface area contributed by atoms with E-state index in [1.165, 1.54) is 6.92 Å². The molecule has 1 saturated carbocycles. The Bertz CT molecular complexity index is 633. The first-order valence-corrected chi connectivity index (χ1v) is 7.93. The van der Waals surface area contributed by atoms with Crippen LogP contribution >= 0.6 is 0 Å². The molecule has 0 amide bonds. The molecule has 0 N–H and O–H groups in total. The lowest BCUT2D eigenvalue weighted by atomic mass is 9.60. The van der Waals surface area contributed by atoms with E-state index in [2.05, 4.69) is 24.3 Å². The van der Waals surface area contributed by atoms with Gasteiger partial charge in [0.15, 0.2) is 5.78 Å². The number of esters is 1. The van der Waals surface area contributed by atoms with E-state index in [4.69, 9.17) is 4.74 Å². The second kappa shape index (κ2) is 6.78. The van der Waals surface area contributed by atoms with E-state index in [1.54, 1.807) is 0 Å². The third-order valence-corrected chi connectivity index (χ3v) is 4.52. The summed E-state index contributed by atoms with van der Waals surface area (Å²) >= 11 is 0. The third-order valence-electron chi connectivity index (χ3n) is 4.52. The molecule has 0 bridgehead atoms. The molecular formula is C20H20O3. The van der Waals surface area contributed by atoms with Gasteiger partial charge in [0.2, 0.25) is 0 Å². The number of Topliss-reactive ketones (excluding diaryl/α,β-unsaturated/α-hetero) is 1. The Morgan fingerprint density at radius 2 is 1.39 bits per heavy atom. The van der Waals surface area contributed by atoms with E-state index in [-0.39, 0.29) is 36.1 Å². The molecule has 3 heteroatoms. The predicted octanol–water partition coefficient (Wildman–Crippen LogP) is 3.71. The van der Waals surface area contributed by atoms with E-state index in [1.807, 2.05) is 36.4 Å². The number of benzene rings is 2. The lowest BCUT2D eigenvalue weighted by molar-refractivity contribution is -0.156. The van der Waals surface area contributed by atoms with Crippen LogP contribution in [0.1, 0.15) is 36.3 Å². The van der Waals surface area contributed by atoms with Crippen LogP contribution in [0.3, 0.4) is 0 Å². The SMILES string of the molecule is CC(=O)COC(=O)C1C(c2ccccc2)C[C@H]1c1ccccc1. The summed E-state index contributed by atoms with van der Waals surface area (Å²) in [5.41, 5.74) is 2.31. The Morgan fingerprint density at radius 3 is 1.83 bits per heavy atom. The molecule has 3 atom stereocenters. The van der Waals surface area contributed by atoms with Crippen LogP contribution < -0.4 is 0 Å². The van der Waals surface area contributed by atoms with Gasteiger partial charge in [0.05, 0.1) is 5.92 Å². The number of carbonyl (C=O) groups excluding carboxylic acids is 2. The van der Waals surface area contributed by atoms with E-state index in [9.17, 15) is 9.59 Å². The molecule has 3 rings (SSSR count). The van der Waals surface area contributed by atoms with Crippen molar-refractivity contribution in [2.24, 2.45) is 5.92 Å². The molecular weight excluding hydrogens is 288 g/mol. The highest BCUT2D eigenvalue weighted by Gasteiger charge is 2.47. The first kappa shape index (κ1) is 15.5. The minimum atomic E-state index is -0.269. The summed E-state index contributed by atoms with van der Waals surface area (Å²) in [5, 5.41) is 0. The molecule has 1 aliphatic rings. The Labute approximate surface area is 136 Å². The van der Waals surface area contributed by atoms with Crippen molar-refractivity contribution >= 4 is 11.8 Å². The molecule has 0 spiro atoms. The Hall–Kier alpha value is -2.42. The van der Waals surface area contributed by atoms with Gasteiger partial charge in [-0.05, 0) is 36.3 Å². The molecule has 0 radical (unpaired) electrons. The fourth-order valence-electron chi connectivity index (χ4n) is 3.34. The monoisotopic (exact) mass is 308 g/mol. The highest BCUT2D eigenvalue weighted by Crippen LogP contribution is 2.53. The first-order chi connectivity index (χ1) is 11.2. The van der Waals surface area contributed by atoms with Gasteiger partial charge in [-0.15, -0.1) is 0 Å². The normalized spacial score (nSPS) is 22.9. The molecule has 1 aliphatic carbocycles. The third kappa shape index (κ3) is 3.34. The van der Waals surface area contributed by atoms with Gasteiger partial charge in [0.1, 0.15) is 6.61 Å². The Morgan fingerprint density at radius 1 is 0.913 bits per heavy atom. The second-order valence-electron chi connectivity index (χ2n) is 6.11. The fraction of sp³-hybridized carbons (Fsp3) is 0.300. The summed E-state index contributed by atoms with van der Waals surface area (Å²) < 4.78 is 5.22. The number of ether oxygens (including phenoxy) is 1. The molecule has 23 heavy (non-hydrogen) atoms. The molecule has 2 aromatic rings. The van der Waals surface area contributed by atoms with Gasteiger partial charge in [0.25, 0.3) is 0 Å². The summed E-state index contributed by atoms with van der Waals surface area (Å²) in [5.74, 6) is -0.319. The average molecular weight is 308 g/mol. The van der Waals surface area contributed by atoms with Crippen LogP contribution in [0, 0.1) is 5.92 Å². The van der Waals surface area contributed by atoms with Crippen molar-refractivity contribution in [3.8, 4) is 0 Å². The number of hydrogen-bond donors (Lipinski definition) is 0. The maximum absolute atomic E-state index is 12.5. The van der Waals surface area contributed by atoms with Gasteiger partial charge in [-0.3, -0.25) is 9.59 Å². The summed E-state index contributed by atoms with van der Waals surface area (Å²) in [7, 11) is 0. The second-order valence-corrected chi connectivity index (χ2v) is 6.11. The van der Waals surface area contributed by atoms with Crippen molar-refractivity contribution < 1.29 is 14.3 Å². The Balaban J connectivity index is 1.82. The first-order valence-electron chi connectivity index (χ1n) is 7.93. The maximum Gasteiger partial charge on any atom is 0.310 e. The average Bonchev–Trinajstić information content (AvgIpc) is 2.54. The standard InChI is InChI=1S/C20H20O3/c1-14(21)13-23-20(22)19-17(15-8-4-2-5-9-15)12-18(19)16-10-6-3-7-11-16/h2-11,17-19H,12-13H2,1H3/t17-,18?,19?/m0/s1. The van der Waals surface area contributed by atoms with Gasteiger partial charge in [-0.2, -0.15) is 0 Å². The molecule has 3 nitrogen and oxygen atoms in total. The molecule has 2 unspecified atom stereocenters. The Kier molecular flexibility index (Phi) is 4.56. The summed E-state index contributed by atoms with van der Waals surface area (Å²) in [6.45, 7) is 1.29. The van der Waals surface area contributed by atoms with Crippen LogP contribution in [0.2, 0.25) is 0 Å². The lowest BCUT2D eigenvalue weighted by Crippen LogP contribution is -2.40. The van der Waals surface area contributed by atoms with Crippen molar-refractivity contribution in [1.82, 2.24) is 0 Å². The van der Waals surface area contributed by atoms with Gasteiger partial charge >= 0.3 is 5.97 Å². The molecule has 0 heterocycles. The highest BCUT2D eigenvalue weighted by atomic mass is 16.5. The zero-order valence-electron chi connectivity index (χ0n) is 13.1. The highest BCUT2D eigenvalue weighted by molar-refractivity contribution is 5.82. The number of rotatable bonds is 5. The van der Waals surface area contributed by atoms with Crippen LogP contribution in [0.15, 0.2) is 60.7 Å². The summed E-state index contributed by atoms with van der Waals surface area (Å²) in [4.78, 5) is 23.6. The quantitative estimate of drug-likeness (QED) is 0.791. The minimum Gasteiger partial charge on any atom is -0.457 e. The van der Waals surface area contributed by atoms with Crippen molar-refractivity contribution in [3.05, 3.63) is 71.8 Å². The lowest BCUT2D eigenvalue weighted by Gasteiger charge is -2.43. The van der Waals surface area contributed by atoms with Gasteiger partial charge in [0, 0.05) is 0 Å². The van der Waals surface area contributed by atoms with E-state index in [0.717, 1.165) is 17.5 Å². The van der Waals surface area contributed by atoms with Crippen LogP contribution in [0.4, 0.5) is 0 Å². The van der Waals surface area contributed by atoms with Gasteiger partial charge < -0.3 is 4.74 Å². The topological polar surface area (TPSA) is 43.4 Å². The predicted molar refractivity (Wildman–Crippen MR) is 88.1 cm³/mol. The maximum atomic E-state index is 12.5. The zero-order chi connectivity index (χ0) is 16.2. The van der Waals surface area contributed by atoms with Crippen LogP contribution in [-0.2, 0) is 14.3 Å². The minimum absolute atomic E-state index is 0.134. The fourth-order valence-corrected chi connectivity index (χ4v) is 3.34. The van der Waals surface area contributed by atoms with Gasteiger partial charge in [-0.1, -0.05) is 60.7 Å². The zero-order valence-corrected chi connectivity index (χ0v) is 13.1. The largest absolute Gasteiger partial charge is 0.457 e. The van der Waals surface area contributed by atoms with E-state index >= 15 is 0 Å². The van der Waals surface area contributed by atoms with Crippen molar-refractivity contribution in [3.63, 3.8) is 0 Å². The van der Waals surface area contributed by atoms with Crippen molar-refractivity contribution in [2.45, 2.75) is 25.2 Å². The molecule has 1 fully saturated rings. The van der Waals surface area contributed by atoms with Crippen LogP contribution in [0.25, 0.3) is 0 Å². The van der Waals surface area contributed by atoms with E-state index in [0.29, 0.717) is 0 Å². The van der Waals surface area contributed by atoms with Crippen LogP contribution in [0.5, 0.6) is 0 Å². The molecule has 0 saturated heterocycles. The number of carbonyl (C=O) groups is 2. The molecule has 2 aromatic carbocycles. The summed E-state index contributed by atoms with van der Waals surface area (Å²) in [6, 6.07) is 20.1. The van der Waals surface area contributed by atoms with Crippen LogP contribution in [-0.4, -0.2) is 18.4 Å². The smallest absolute Gasteiger partial charge is 0.310 e. The molecule has 118 valence electrons. The van der Waals surface area contributed by atoms with Gasteiger partial charge in [-0.25, -0.2) is 0 Å².